The minimum Gasteiger partial charge on any atom is -0.480 e. The first-order chi connectivity index (χ1) is 10.7. The van der Waals surface area contributed by atoms with E-state index in [1.165, 1.54) is 14.0 Å². The molecule has 1 rings (SSSR count). The van der Waals surface area contributed by atoms with Gasteiger partial charge in [-0.1, -0.05) is 13.8 Å². The van der Waals surface area contributed by atoms with Gasteiger partial charge >= 0.3 is 11.9 Å². The van der Waals surface area contributed by atoms with Crippen molar-refractivity contribution in [2.24, 2.45) is 11.8 Å². The number of piperidine rings is 1. The maximum absolute atomic E-state index is 11.0. The molecule has 1 fully saturated rings. The summed E-state index contributed by atoms with van der Waals surface area (Å²) in [7, 11) is 1.44. The standard InChI is InChI=1S/C8H15NO3.C8H15NO2/c1-5(2)4-7(8(11)12)9-6(3)10;1-6-3-4-7(5-9-6)8(10)11-2/h5,7H,4H2,1-3H3,(H,9,10)(H,11,12);6-7,9H,3-5H2,1-2H3/t;6-,7+/m.0/s1. The van der Waals surface area contributed by atoms with E-state index in [0.29, 0.717) is 12.5 Å². The number of carbonyl (C=O) groups excluding carboxylic acids is 2. The van der Waals surface area contributed by atoms with Gasteiger partial charge in [0.1, 0.15) is 6.04 Å². The third-order valence-electron chi connectivity index (χ3n) is 3.58. The Morgan fingerprint density at radius 2 is 1.91 bits per heavy atom. The fraction of sp³-hybridized carbons (Fsp3) is 0.812. The Kier molecular flexibility index (Phi) is 10.2. The van der Waals surface area contributed by atoms with Crippen LogP contribution in [0.15, 0.2) is 0 Å². The van der Waals surface area contributed by atoms with Crippen LogP contribution in [0, 0.1) is 11.8 Å². The van der Waals surface area contributed by atoms with Gasteiger partial charge in [0, 0.05) is 19.5 Å². The zero-order chi connectivity index (χ0) is 18.0. The predicted molar refractivity (Wildman–Crippen MR) is 86.9 cm³/mol. The van der Waals surface area contributed by atoms with E-state index in [0.717, 1.165) is 19.4 Å². The highest BCUT2D eigenvalue weighted by molar-refractivity contribution is 5.82. The van der Waals surface area contributed by atoms with Crippen LogP contribution in [0.3, 0.4) is 0 Å². The normalized spacial score (nSPS) is 21.7. The smallest absolute Gasteiger partial charge is 0.326 e. The van der Waals surface area contributed by atoms with Gasteiger partial charge in [-0.15, -0.1) is 0 Å². The molecule has 1 aliphatic heterocycles. The molecule has 0 aliphatic carbocycles. The van der Waals surface area contributed by atoms with Gasteiger partial charge in [-0.05, 0) is 32.1 Å². The van der Waals surface area contributed by atoms with Crippen LogP contribution in [0.4, 0.5) is 0 Å². The van der Waals surface area contributed by atoms with Crippen molar-refractivity contribution >= 4 is 17.8 Å². The zero-order valence-corrected chi connectivity index (χ0v) is 14.7. The number of aliphatic carboxylic acids is 1. The largest absolute Gasteiger partial charge is 0.480 e. The number of carboxylic acid groups (broad SMARTS) is 1. The van der Waals surface area contributed by atoms with E-state index in [2.05, 4.69) is 22.3 Å². The first-order valence-electron chi connectivity index (χ1n) is 7.98. The fourth-order valence-electron chi connectivity index (χ4n) is 2.30. The molecular weight excluding hydrogens is 300 g/mol. The fourth-order valence-corrected chi connectivity index (χ4v) is 2.30. The summed E-state index contributed by atoms with van der Waals surface area (Å²) in [6.45, 7) is 8.05. The molecule has 7 heteroatoms. The van der Waals surface area contributed by atoms with Gasteiger partial charge in [-0.25, -0.2) is 4.79 Å². The summed E-state index contributed by atoms with van der Waals surface area (Å²) in [5.74, 6) is -1.01. The van der Waals surface area contributed by atoms with Crippen molar-refractivity contribution in [3.8, 4) is 0 Å². The Bertz CT molecular complexity index is 390. The third kappa shape index (κ3) is 9.89. The van der Waals surface area contributed by atoms with Gasteiger partial charge in [0.25, 0.3) is 0 Å². The summed E-state index contributed by atoms with van der Waals surface area (Å²) in [6.07, 6.45) is 2.50. The number of methoxy groups -OCH3 is 1. The predicted octanol–water partition coefficient (Wildman–Crippen LogP) is 1.17. The zero-order valence-electron chi connectivity index (χ0n) is 14.7. The lowest BCUT2D eigenvalue weighted by molar-refractivity contribution is -0.146. The molecule has 3 N–H and O–H groups in total. The molecule has 7 nitrogen and oxygen atoms in total. The lowest BCUT2D eigenvalue weighted by Crippen LogP contribution is -2.40. The van der Waals surface area contributed by atoms with E-state index in [9.17, 15) is 14.4 Å². The highest BCUT2D eigenvalue weighted by Gasteiger charge is 2.24. The van der Waals surface area contributed by atoms with E-state index >= 15 is 0 Å². The van der Waals surface area contributed by atoms with Crippen LogP contribution in [0.25, 0.3) is 0 Å². The maximum Gasteiger partial charge on any atom is 0.326 e. The first-order valence-corrected chi connectivity index (χ1v) is 7.98. The Morgan fingerprint density at radius 3 is 2.26 bits per heavy atom. The van der Waals surface area contributed by atoms with Crippen molar-refractivity contribution in [3.05, 3.63) is 0 Å². The van der Waals surface area contributed by atoms with Crippen molar-refractivity contribution in [1.82, 2.24) is 10.6 Å². The molecule has 3 atom stereocenters. The molecule has 0 aromatic carbocycles. The molecule has 1 aliphatic rings. The monoisotopic (exact) mass is 330 g/mol. The van der Waals surface area contributed by atoms with Gasteiger partial charge < -0.3 is 20.5 Å². The lowest BCUT2D eigenvalue weighted by atomic mass is 9.96. The SMILES string of the molecule is CC(=O)NC(CC(C)C)C(=O)O.COC(=O)[C@@H]1CC[C@H](C)NC1. The first kappa shape index (κ1) is 21.4. The van der Waals surface area contributed by atoms with Crippen molar-refractivity contribution in [1.29, 1.82) is 0 Å². The average Bonchev–Trinajstić information content (AvgIpc) is 2.46. The van der Waals surface area contributed by atoms with Crippen LogP contribution in [0.2, 0.25) is 0 Å². The second-order valence-electron chi connectivity index (χ2n) is 6.33. The molecule has 1 unspecified atom stereocenters. The Labute approximate surface area is 138 Å². The summed E-state index contributed by atoms with van der Waals surface area (Å²) in [6, 6.07) is -0.196. The van der Waals surface area contributed by atoms with Crippen LogP contribution in [0.5, 0.6) is 0 Å². The van der Waals surface area contributed by atoms with Crippen molar-refractivity contribution in [3.63, 3.8) is 0 Å². The summed E-state index contributed by atoms with van der Waals surface area (Å²) in [5, 5.41) is 14.3. The molecule has 0 bridgehead atoms. The number of carboxylic acids is 1. The number of nitrogens with one attached hydrogen (secondary N) is 2. The summed E-state index contributed by atoms with van der Waals surface area (Å²) < 4.78 is 4.65. The summed E-state index contributed by atoms with van der Waals surface area (Å²) in [4.78, 5) is 32.1. The number of hydrogen-bond donors (Lipinski definition) is 3. The van der Waals surface area contributed by atoms with Gasteiger partial charge in [-0.3, -0.25) is 9.59 Å². The topological polar surface area (TPSA) is 105 Å². The Balaban J connectivity index is 0.000000422. The highest BCUT2D eigenvalue weighted by atomic mass is 16.5. The average molecular weight is 330 g/mol. The minimum absolute atomic E-state index is 0.0793. The van der Waals surface area contributed by atoms with E-state index in [-0.39, 0.29) is 23.7 Å². The molecule has 1 saturated heterocycles. The number of rotatable bonds is 5. The lowest BCUT2D eigenvalue weighted by Gasteiger charge is -2.25. The van der Waals surface area contributed by atoms with Crippen LogP contribution >= 0.6 is 0 Å². The summed E-state index contributed by atoms with van der Waals surface area (Å²) in [5.41, 5.74) is 0. The highest BCUT2D eigenvalue weighted by Crippen LogP contribution is 2.14. The van der Waals surface area contributed by atoms with E-state index in [1.54, 1.807) is 0 Å². The second-order valence-corrected chi connectivity index (χ2v) is 6.33. The maximum atomic E-state index is 11.0. The van der Waals surface area contributed by atoms with Gasteiger partial charge in [-0.2, -0.15) is 0 Å². The molecule has 0 radical (unpaired) electrons. The van der Waals surface area contributed by atoms with Crippen LogP contribution in [-0.2, 0) is 19.1 Å². The van der Waals surface area contributed by atoms with Crippen molar-refractivity contribution < 1.29 is 24.2 Å². The summed E-state index contributed by atoms with van der Waals surface area (Å²) >= 11 is 0. The van der Waals surface area contributed by atoms with E-state index < -0.39 is 12.0 Å². The number of ether oxygens (including phenoxy) is 1. The quantitative estimate of drug-likeness (QED) is 0.654. The van der Waals surface area contributed by atoms with Crippen molar-refractivity contribution in [2.75, 3.05) is 13.7 Å². The van der Waals surface area contributed by atoms with Gasteiger partial charge in [0.2, 0.25) is 5.91 Å². The van der Waals surface area contributed by atoms with E-state index in [4.69, 9.17) is 5.11 Å². The third-order valence-corrected chi connectivity index (χ3v) is 3.58. The minimum atomic E-state index is -0.973. The van der Waals surface area contributed by atoms with Crippen molar-refractivity contribution in [2.45, 2.75) is 59.0 Å². The van der Waals surface area contributed by atoms with Crippen LogP contribution < -0.4 is 10.6 Å². The van der Waals surface area contributed by atoms with Gasteiger partial charge in [0.05, 0.1) is 13.0 Å². The van der Waals surface area contributed by atoms with Crippen LogP contribution in [0.1, 0.15) is 47.0 Å². The second kappa shape index (κ2) is 11.0. The van der Waals surface area contributed by atoms with Crippen LogP contribution in [-0.4, -0.2) is 48.7 Å². The molecule has 1 amide bonds. The molecule has 1 heterocycles. The Hall–Kier alpha value is -1.63. The number of carbonyl (C=O) groups is 3. The number of amides is 1. The Morgan fingerprint density at radius 1 is 1.30 bits per heavy atom. The van der Waals surface area contributed by atoms with Gasteiger partial charge in [0.15, 0.2) is 0 Å². The number of hydrogen-bond acceptors (Lipinski definition) is 5. The number of esters is 1. The molecular formula is C16H30N2O5. The molecule has 0 aromatic heterocycles. The molecule has 134 valence electrons. The van der Waals surface area contributed by atoms with E-state index in [1.807, 2.05) is 13.8 Å². The molecule has 0 spiro atoms. The molecule has 0 saturated carbocycles. The molecule has 0 aromatic rings. The molecule has 23 heavy (non-hydrogen) atoms.